The molecule has 1 heterocycles. The second-order valence-electron chi connectivity index (χ2n) is 7.43. The van der Waals surface area contributed by atoms with Gasteiger partial charge in [0.15, 0.2) is 0 Å². The average Bonchev–Trinajstić information content (AvgIpc) is 3.18. The number of alkyl halides is 1. The normalized spacial score (nSPS) is 24.6. The summed E-state index contributed by atoms with van der Waals surface area (Å²) in [4.78, 5) is 12.4. The van der Waals surface area contributed by atoms with Gasteiger partial charge in [-0.1, -0.05) is 23.2 Å². The third-order valence-electron chi connectivity index (χ3n) is 5.50. The number of carbonyl (C=O) groups is 1. The molecule has 1 fully saturated rings. The Balaban J connectivity index is 1.56. The molecule has 3 nitrogen and oxygen atoms in total. The Kier molecular flexibility index (Phi) is 7.68. The molecule has 152 valence electrons. The number of carboxylic acid groups (broad SMARTS) is 1. The second kappa shape index (κ2) is 9.82. The maximum absolute atomic E-state index is 11.0. The first-order valence-corrected chi connectivity index (χ1v) is 11.4. The van der Waals surface area contributed by atoms with Crippen molar-refractivity contribution in [3.05, 3.63) is 55.7 Å². The zero-order valence-electron chi connectivity index (χ0n) is 15.3. The van der Waals surface area contributed by atoms with Crippen molar-refractivity contribution in [2.24, 2.45) is 11.8 Å². The molecule has 0 spiro atoms. The molecule has 1 aliphatic carbocycles. The molecule has 0 amide bonds. The molecule has 3 rings (SSSR count). The number of aliphatic hydroxyl groups excluding tert-OH is 1. The van der Waals surface area contributed by atoms with Crippen LogP contribution in [0.1, 0.15) is 45.8 Å². The number of thiophene rings is 1. The van der Waals surface area contributed by atoms with E-state index in [1.165, 1.54) is 11.3 Å². The fourth-order valence-electron chi connectivity index (χ4n) is 4.16. The molecule has 4 atom stereocenters. The van der Waals surface area contributed by atoms with Gasteiger partial charge in [-0.2, -0.15) is 0 Å². The highest BCUT2D eigenvalue weighted by Crippen LogP contribution is 2.42. The van der Waals surface area contributed by atoms with Gasteiger partial charge in [0.05, 0.1) is 6.10 Å². The number of hydrogen-bond donors (Lipinski definition) is 2. The van der Waals surface area contributed by atoms with Crippen LogP contribution in [0.4, 0.5) is 0 Å². The van der Waals surface area contributed by atoms with E-state index in [1.807, 2.05) is 18.2 Å². The third-order valence-corrected chi connectivity index (χ3v) is 7.57. The summed E-state index contributed by atoms with van der Waals surface area (Å²) in [6.07, 6.45) is 4.57. The van der Waals surface area contributed by atoms with Crippen LogP contribution in [0.25, 0.3) is 0 Å². The number of rotatable bonds is 8. The molecule has 0 bridgehead atoms. The van der Waals surface area contributed by atoms with Crippen LogP contribution in [0.5, 0.6) is 0 Å². The maximum Gasteiger partial charge on any atom is 0.345 e. The van der Waals surface area contributed by atoms with E-state index in [2.05, 4.69) is 0 Å². The van der Waals surface area contributed by atoms with Gasteiger partial charge in [-0.3, -0.25) is 0 Å². The van der Waals surface area contributed by atoms with Crippen LogP contribution < -0.4 is 0 Å². The molecule has 2 aromatic rings. The summed E-state index contributed by atoms with van der Waals surface area (Å²) in [6.45, 7) is 0. The molecule has 1 saturated carbocycles. The lowest BCUT2D eigenvalue weighted by Gasteiger charge is -2.23. The summed E-state index contributed by atoms with van der Waals surface area (Å²) in [5, 5.41) is 20.7. The maximum atomic E-state index is 11.0. The summed E-state index contributed by atoms with van der Waals surface area (Å²) >= 11 is 20.0. The van der Waals surface area contributed by atoms with Gasteiger partial charge in [0.25, 0.3) is 0 Å². The number of carboxylic acids is 1. The van der Waals surface area contributed by atoms with E-state index in [-0.39, 0.29) is 23.3 Å². The molecule has 0 saturated heterocycles. The smallest absolute Gasteiger partial charge is 0.345 e. The minimum atomic E-state index is -0.878. The standard InChI is InChI=1S/C21H23Cl3O3S/c22-13-8-12(9-14(23)10-13)4-6-17-16(18(24)11-19(17)25)3-1-2-15-5-7-20(28-15)21(26)27/h5,7-10,16-19,25H,1-4,6,11H2,(H,26,27)/t16-,17-,18+,19+/m1/s1. The lowest BCUT2D eigenvalue weighted by atomic mass is 9.85. The van der Waals surface area contributed by atoms with E-state index < -0.39 is 5.97 Å². The zero-order valence-corrected chi connectivity index (χ0v) is 18.4. The highest BCUT2D eigenvalue weighted by molar-refractivity contribution is 7.13. The van der Waals surface area contributed by atoms with Crippen molar-refractivity contribution >= 4 is 52.1 Å². The quantitative estimate of drug-likeness (QED) is 0.453. The zero-order chi connectivity index (χ0) is 20.3. The number of aromatic carboxylic acids is 1. The van der Waals surface area contributed by atoms with E-state index in [0.717, 1.165) is 42.5 Å². The van der Waals surface area contributed by atoms with Crippen molar-refractivity contribution in [3.63, 3.8) is 0 Å². The molecule has 1 aromatic heterocycles. The number of benzene rings is 1. The van der Waals surface area contributed by atoms with Gasteiger partial charge < -0.3 is 10.2 Å². The molecule has 0 unspecified atom stereocenters. The fraction of sp³-hybridized carbons (Fsp3) is 0.476. The first-order valence-electron chi connectivity index (χ1n) is 9.42. The summed E-state index contributed by atoms with van der Waals surface area (Å²) in [5.74, 6) is -0.472. The van der Waals surface area contributed by atoms with Crippen molar-refractivity contribution in [1.29, 1.82) is 0 Å². The highest BCUT2D eigenvalue weighted by Gasteiger charge is 2.40. The lowest BCUT2D eigenvalue weighted by Crippen LogP contribution is -2.21. The van der Waals surface area contributed by atoms with Crippen LogP contribution in [0, 0.1) is 11.8 Å². The van der Waals surface area contributed by atoms with Crippen molar-refractivity contribution in [3.8, 4) is 0 Å². The highest BCUT2D eigenvalue weighted by atomic mass is 35.5. The Bertz CT molecular complexity index is 803. The van der Waals surface area contributed by atoms with Gasteiger partial charge in [0.2, 0.25) is 0 Å². The fourth-order valence-corrected chi connectivity index (χ4v) is 6.12. The van der Waals surface area contributed by atoms with Crippen LogP contribution >= 0.6 is 46.1 Å². The Morgan fingerprint density at radius 1 is 1.07 bits per heavy atom. The Labute approximate surface area is 184 Å². The average molecular weight is 462 g/mol. The van der Waals surface area contributed by atoms with Gasteiger partial charge in [-0.15, -0.1) is 22.9 Å². The molecule has 0 aliphatic heterocycles. The molecule has 0 radical (unpaired) electrons. The topological polar surface area (TPSA) is 57.5 Å². The van der Waals surface area contributed by atoms with Crippen molar-refractivity contribution in [2.45, 2.75) is 50.0 Å². The van der Waals surface area contributed by atoms with Crippen molar-refractivity contribution in [1.82, 2.24) is 0 Å². The van der Waals surface area contributed by atoms with Crippen molar-refractivity contribution in [2.75, 3.05) is 0 Å². The predicted octanol–water partition coefficient (Wildman–Crippen LogP) is 6.31. The van der Waals surface area contributed by atoms with Crippen molar-refractivity contribution < 1.29 is 15.0 Å². The summed E-state index contributed by atoms with van der Waals surface area (Å²) < 4.78 is 0. The SMILES string of the molecule is O=C(O)c1ccc(CCC[C@@H]2[C@@H](CCc3cc(Cl)cc(Cl)c3)[C@@H](O)C[C@@H]2Cl)s1. The van der Waals surface area contributed by atoms with E-state index in [0.29, 0.717) is 21.3 Å². The Morgan fingerprint density at radius 2 is 1.79 bits per heavy atom. The molecule has 1 aliphatic rings. The van der Waals surface area contributed by atoms with Gasteiger partial charge in [0, 0.05) is 20.3 Å². The van der Waals surface area contributed by atoms with Crippen LogP contribution in [0.3, 0.4) is 0 Å². The van der Waals surface area contributed by atoms with E-state index >= 15 is 0 Å². The second-order valence-corrected chi connectivity index (χ2v) is 10.0. The Hall–Kier alpha value is -0.780. The molecule has 7 heteroatoms. The number of aliphatic hydroxyl groups is 1. The molecule has 28 heavy (non-hydrogen) atoms. The van der Waals surface area contributed by atoms with Gasteiger partial charge in [0.1, 0.15) is 4.88 Å². The van der Waals surface area contributed by atoms with Crippen LogP contribution in [0.15, 0.2) is 30.3 Å². The van der Waals surface area contributed by atoms with E-state index in [9.17, 15) is 9.90 Å². The van der Waals surface area contributed by atoms with Crippen LogP contribution in [0.2, 0.25) is 10.0 Å². The molecular weight excluding hydrogens is 439 g/mol. The lowest BCUT2D eigenvalue weighted by molar-refractivity contribution is 0.0702. The summed E-state index contributed by atoms with van der Waals surface area (Å²) in [6, 6.07) is 9.09. The van der Waals surface area contributed by atoms with E-state index in [1.54, 1.807) is 12.1 Å². The monoisotopic (exact) mass is 460 g/mol. The predicted molar refractivity (Wildman–Crippen MR) is 116 cm³/mol. The number of aryl methyl sites for hydroxylation is 2. The van der Waals surface area contributed by atoms with E-state index in [4.69, 9.17) is 39.9 Å². The molecule has 1 aromatic carbocycles. The minimum Gasteiger partial charge on any atom is -0.477 e. The number of hydrogen-bond acceptors (Lipinski definition) is 3. The largest absolute Gasteiger partial charge is 0.477 e. The van der Waals surface area contributed by atoms with Gasteiger partial charge >= 0.3 is 5.97 Å². The first-order chi connectivity index (χ1) is 13.3. The molecular formula is C21H23Cl3O3S. The van der Waals surface area contributed by atoms with Gasteiger partial charge in [-0.25, -0.2) is 4.79 Å². The Morgan fingerprint density at radius 3 is 2.43 bits per heavy atom. The van der Waals surface area contributed by atoms with Crippen LogP contribution in [-0.2, 0) is 12.8 Å². The summed E-state index contributed by atoms with van der Waals surface area (Å²) in [7, 11) is 0. The minimum absolute atomic E-state index is 0.0270. The summed E-state index contributed by atoms with van der Waals surface area (Å²) in [5.41, 5.74) is 1.07. The first kappa shape index (κ1) is 21.9. The van der Waals surface area contributed by atoms with Gasteiger partial charge in [-0.05, 0) is 86.3 Å². The van der Waals surface area contributed by atoms with Crippen LogP contribution in [-0.4, -0.2) is 27.7 Å². The molecule has 2 N–H and O–H groups in total. The third kappa shape index (κ3) is 5.64. The number of halogens is 3.